The first kappa shape index (κ1) is 16.6. The van der Waals surface area contributed by atoms with Gasteiger partial charge in [0.15, 0.2) is 0 Å². The molecule has 2 aromatic rings. The molecule has 0 saturated carbocycles. The van der Waals surface area contributed by atoms with Crippen molar-refractivity contribution in [3.63, 3.8) is 0 Å². The van der Waals surface area contributed by atoms with Gasteiger partial charge in [0.1, 0.15) is 17.5 Å². The second-order valence-electron chi connectivity index (χ2n) is 4.45. The summed E-state index contributed by atoms with van der Waals surface area (Å²) >= 11 is 13.1. The van der Waals surface area contributed by atoms with E-state index >= 15 is 0 Å². The summed E-state index contributed by atoms with van der Waals surface area (Å²) < 4.78 is 41.9. The Morgan fingerprint density at radius 2 is 1.76 bits per heavy atom. The first-order chi connectivity index (χ1) is 9.93. The molecule has 1 unspecified atom stereocenters. The second-order valence-corrected chi connectivity index (χ2v) is 6.74. The molecule has 2 rings (SSSR count). The third-order valence-corrected chi connectivity index (χ3v) is 4.44. The van der Waals surface area contributed by atoms with Gasteiger partial charge in [-0.1, -0.05) is 30.1 Å². The highest BCUT2D eigenvalue weighted by molar-refractivity contribution is 7.20. The van der Waals surface area contributed by atoms with Crippen molar-refractivity contribution in [2.24, 2.45) is 0 Å². The smallest absolute Gasteiger partial charge is 0.134 e. The Hall–Kier alpha value is -0.750. The summed E-state index contributed by atoms with van der Waals surface area (Å²) in [7, 11) is 0. The monoisotopic (exact) mass is 353 g/mol. The molecule has 0 saturated heterocycles. The van der Waals surface area contributed by atoms with Crippen LogP contribution in [0.25, 0.3) is 0 Å². The SMILES string of the molecule is CCCNC(c1cc(Cl)sc1Cl)c1c(F)cc(F)cc1F. The summed E-state index contributed by atoms with van der Waals surface area (Å²) in [5.41, 5.74) is 0.214. The van der Waals surface area contributed by atoms with Crippen LogP contribution in [0.1, 0.15) is 30.5 Å². The van der Waals surface area contributed by atoms with E-state index in [1.165, 1.54) is 0 Å². The van der Waals surface area contributed by atoms with Crippen LogP contribution >= 0.6 is 34.5 Å². The highest BCUT2D eigenvalue weighted by Crippen LogP contribution is 2.38. The zero-order chi connectivity index (χ0) is 15.6. The molecule has 0 radical (unpaired) electrons. The molecule has 114 valence electrons. The molecule has 1 N–H and O–H groups in total. The first-order valence-corrected chi connectivity index (χ1v) is 7.83. The number of hydrogen-bond acceptors (Lipinski definition) is 2. The quantitative estimate of drug-likeness (QED) is 0.741. The van der Waals surface area contributed by atoms with E-state index in [1.54, 1.807) is 6.07 Å². The Morgan fingerprint density at radius 1 is 1.14 bits per heavy atom. The lowest BCUT2D eigenvalue weighted by atomic mass is 9.99. The Morgan fingerprint density at radius 3 is 2.24 bits per heavy atom. The minimum Gasteiger partial charge on any atom is -0.306 e. The van der Waals surface area contributed by atoms with Crippen LogP contribution in [-0.2, 0) is 0 Å². The average Bonchev–Trinajstić information content (AvgIpc) is 2.71. The predicted molar refractivity (Wildman–Crippen MR) is 80.8 cm³/mol. The van der Waals surface area contributed by atoms with Gasteiger partial charge in [-0.2, -0.15) is 0 Å². The van der Waals surface area contributed by atoms with Crippen LogP contribution in [0.2, 0.25) is 8.67 Å². The van der Waals surface area contributed by atoms with E-state index < -0.39 is 23.5 Å². The molecule has 1 heterocycles. The normalized spacial score (nSPS) is 12.7. The molecule has 1 aromatic heterocycles. The number of benzene rings is 1. The molecular weight excluding hydrogens is 342 g/mol. The zero-order valence-electron chi connectivity index (χ0n) is 11.0. The van der Waals surface area contributed by atoms with Gasteiger partial charge >= 0.3 is 0 Å². The lowest BCUT2D eigenvalue weighted by Crippen LogP contribution is -2.25. The van der Waals surface area contributed by atoms with Crippen LogP contribution in [0.5, 0.6) is 0 Å². The van der Waals surface area contributed by atoms with Crippen LogP contribution in [0.4, 0.5) is 13.2 Å². The highest BCUT2D eigenvalue weighted by Gasteiger charge is 2.25. The average molecular weight is 354 g/mol. The van der Waals surface area contributed by atoms with E-state index in [2.05, 4.69) is 5.32 Å². The van der Waals surface area contributed by atoms with E-state index in [0.717, 1.165) is 17.8 Å². The van der Waals surface area contributed by atoms with Crippen LogP contribution in [-0.4, -0.2) is 6.54 Å². The van der Waals surface area contributed by atoms with Crippen LogP contribution < -0.4 is 5.32 Å². The van der Waals surface area contributed by atoms with Gasteiger partial charge in [-0.3, -0.25) is 0 Å². The van der Waals surface area contributed by atoms with Crippen molar-refractivity contribution in [1.29, 1.82) is 0 Å². The summed E-state index contributed by atoms with van der Waals surface area (Å²) in [5.74, 6) is -2.88. The van der Waals surface area contributed by atoms with Gasteiger partial charge in [0.05, 0.1) is 14.7 Å². The maximum Gasteiger partial charge on any atom is 0.134 e. The van der Waals surface area contributed by atoms with E-state index in [4.69, 9.17) is 23.2 Å². The number of halogens is 5. The van der Waals surface area contributed by atoms with Crippen LogP contribution in [0.3, 0.4) is 0 Å². The molecule has 7 heteroatoms. The fourth-order valence-corrected chi connectivity index (χ4v) is 3.57. The van der Waals surface area contributed by atoms with Gasteiger partial charge in [0, 0.05) is 23.3 Å². The molecule has 1 nitrogen and oxygen atoms in total. The van der Waals surface area contributed by atoms with E-state index in [0.29, 0.717) is 32.9 Å². The third-order valence-electron chi connectivity index (χ3n) is 2.93. The molecule has 0 aliphatic heterocycles. The zero-order valence-corrected chi connectivity index (χ0v) is 13.4. The van der Waals surface area contributed by atoms with Gasteiger partial charge in [-0.15, -0.1) is 11.3 Å². The van der Waals surface area contributed by atoms with Crippen molar-refractivity contribution in [3.8, 4) is 0 Å². The van der Waals surface area contributed by atoms with Crippen molar-refractivity contribution < 1.29 is 13.2 Å². The van der Waals surface area contributed by atoms with Crippen molar-refractivity contribution in [1.82, 2.24) is 5.32 Å². The van der Waals surface area contributed by atoms with Crippen LogP contribution in [0, 0.1) is 17.5 Å². The van der Waals surface area contributed by atoms with E-state index in [1.807, 2.05) is 6.92 Å². The molecule has 0 fully saturated rings. The Kier molecular flexibility index (Phi) is 5.54. The highest BCUT2D eigenvalue weighted by atomic mass is 35.5. The van der Waals surface area contributed by atoms with Gasteiger partial charge in [-0.25, -0.2) is 13.2 Å². The number of thiophene rings is 1. The number of rotatable bonds is 5. The minimum atomic E-state index is -0.961. The van der Waals surface area contributed by atoms with Crippen molar-refractivity contribution in [2.75, 3.05) is 6.54 Å². The van der Waals surface area contributed by atoms with Gasteiger partial charge in [0.2, 0.25) is 0 Å². The summed E-state index contributed by atoms with van der Waals surface area (Å²) in [6.07, 6.45) is 0.760. The standard InChI is InChI=1S/C14H12Cl2F3NS/c1-2-3-20-13(8-6-11(15)21-14(8)16)12-9(18)4-7(17)5-10(12)19/h4-6,13,20H,2-3H2,1H3. The molecule has 0 aliphatic rings. The van der Waals surface area contributed by atoms with Crippen molar-refractivity contribution in [3.05, 3.63) is 55.5 Å². The van der Waals surface area contributed by atoms with Crippen LogP contribution in [0.15, 0.2) is 18.2 Å². The molecule has 0 aliphatic carbocycles. The fraction of sp³-hybridized carbons (Fsp3) is 0.286. The summed E-state index contributed by atoms with van der Waals surface area (Å²) in [6.45, 7) is 2.44. The Bertz CT molecular complexity index is 622. The van der Waals surface area contributed by atoms with Crippen molar-refractivity contribution in [2.45, 2.75) is 19.4 Å². The van der Waals surface area contributed by atoms with E-state index in [-0.39, 0.29) is 5.56 Å². The lowest BCUT2D eigenvalue weighted by Gasteiger charge is -2.20. The summed E-state index contributed by atoms with van der Waals surface area (Å²) in [6, 6.07) is 2.05. The minimum absolute atomic E-state index is 0.263. The topological polar surface area (TPSA) is 12.0 Å². The first-order valence-electron chi connectivity index (χ1n) is 6.26. The maximum absolute atomic E-state index is 14.0. The largest absolute Gasteiger partial charge is 0.306 e. The maximum atomic E-state index is 14.0. The lowest BCUT2D eigenvalue weighted by molar-refractivity contribution is 0.487. The fourth-order valence-electron chi connectivity index (χ4n) is 2.04. The summed E-state index contributed by atoms with van der Waals surface area (Å²) in [5, 5.41) is 3.02. The Labute approximate surface area is 134 Å². The number of hydrogen-bond donors (Lipinski definition) is 1. The third kappa shape index (κ3) is 3.72. The van der Waals surface area contributed by atoms with Crippen molar-refractivity contribution >= 4 is 34.5 Å². The molecule has 0 bridgehead atoms. The molecule has 0 amide bonds. The number of nitrogens with one attached hydrogen (secondary N) is 1. The molecule has 1 aromatic carbocycles. The Balaban J connectivity index is 2.53. The summed E-state index contributed by atoms with van der Waals surface area (Å²) in [4.78, 5) is 0. The van der Waals surface area contributed by atoms with Gasteiger partial charge in [-0.05, 0) is 19.0 Å². The van der Waals surface area contributed by atoms with Gasteiger partial charge < -0.3 is 5.32 Å². The molecule has 1 atom stereocenters. The molecular formula is C14H12Cl2F3NS. The van der Waals surface area contributed by atoms with E-state index in [9.17, 15) is 13.2 Å². The molecule has 21 heavy (non-hydrogen) atoms. The molecule has 0 spiro atoms. The predicted octanol–water partition coefficient (Wildman–Crippen LogP) is 5.56. The second kappa shape index (κ2) is 7.01. The van der Waals surface area contributed by atoms with Gasteiger partial charge in [0.25, 0.3) is 0 Å².